The molecule has 3 aromatic heterocycles. The highest BCUT2D eigenvalue weighted by Gasteiger charge is 2.44. The number of nitrogens with zero attached hydrogens (tertiary/aromatic N) is 4. The van der Waals surface area contributed by atoms with Gasteiger partial charge in [-0.2, -0.15) is 0 Å². The lowest BCUT2D eigenvalue weighted by Crippen LogP contribution is -2.43. The first kappa shape index (κ1) is 27.5. The summed E-state index contributed by atoms with van der Waals surface area (Å²) in [4.78, 5) is 51.8. The van der Waals surface area contributed by atoms with Gasteiger partial charge in [-0.25, -0.2) is 4.79 Å². The van der Waals surface area contributed by atoms with E-state index < -0.39 is 51.0 Å². The van der Waals surface area contributed by atoms with Crippen molar-refractivity contribution in [3.8, 4) is 11.3 Å². The number of rotatable bonds is 7. The van der Waals surface area contributed by atoms with E-state index in [1.54, 1.807) is 36.7 Å². The second-order valence-electron chi connectivity index (χ2n) is 7.68. The van der Waals surface area contributed by atoms with Gasteiger partial charge >= 0.3 is 14.3 Å². The molecule has 0 radical (unpaired) electrons. The van der Waals surface area contributed by atoms with Crippen LogP contribution in [0.15, 0.2) is 77.2 Å². The van der Waals surface area contributed by atoms with Crippen molar-refractivity contribution in [1.82, 2.24) is 19.1 Å². The Bertz CT molecular complexity index is 1270. The number of hydrogen-bond donors (Lipinski definition) is 4. The molecule has 4 N–H and O–H groups in total. The Balaban J connectivity index is 0.00000115. The molecule has 0 amide bonds. The summed E-state index contributed by atoms with van der Waals surface area (Å²) >= 11 is 0. The fourth-order valence-corrected chi connectivity index (χ4v) is 3.81. The summed E-state index contributed by atoms with van der Waals surface area (Å²) in [6.07, 6.45) is 0.715. The first-order valence-corrected chi connectivity index (χ1v) is 12.0. The zero-order valence-electron chi connectivity index (χ0n) is 19.4. The lowest BCUT2D eigenvalue weighted by atomic mass is 10.1. The van der Waals surface area contributed by atoms with Crippen LogP contribution in [0, 0.1) is 0 Å². The first-order chi connectivity index (χ1) is 17.3. The Morgan fingerprint density at radius 3 is 2.56 bits per heavy atom. The Hall–Kier alpha value is -3.09. The summed E-state index contributed by atoms with van der Waals surface area (Å²) in [5.74, 6) is 0. The standard InChI is InChI=1S/C20H21N4O8P.C3H6/c25-16-5-8-23(19-18(27)17(26)15(32-19)11-31-33(29)30)20(28)24(16)10-13-9-12(4-7-21-13)14-3-1-2-6-22-14;1-3-2/h1-9,15,17-19,26-27,29-30H,10-11H2;3H,1H2,2H3. The predicted octanol–water partition coefficient (Wildman–Crippen LogP) is 0.555. The molecule has 12 nitrogen and oxygen atoms in total. The first-order valence-electron chi connectivity index (χ1n) is 10.8. The molecule has 4 heterocycles. The molecule has 1 aliphatic heterocycles. The van der Waals surface area contributed by atoms with Gasteiger partial charge in [0.1, 0.15) is 18.3 Å². The molecule has 0 aromatic carbocycles. The van der Waals surface area contributed by atoms with Gasteiger partial charge in [-0.15, -0.1) is 6.58 Å². The van der Waals surface area contributed by atoms with Crippen LogP contribution in [0.3, 0.4) is 0 Å². The minimum atomic E-state index is -2.68. The van der Waals surface area contributed by atoms with Crippen molar-refractivity contribution in [1.29, 1.82) is 0 Å². The molecule has 4 unspecified atom stereocenters. The second-order valence-corrected chi connectivity index (χ2v) is 8.45. The largest absolute Gasteiger partial charge is 0.387 e. The van der Waals surface area contributed by atoms with Crippen LogP contribution >= 0.6 is 8.60 Å². The fourth-order valence-electron chi connectivity index (χ4n) is 3.53. The number of aliphatic hydroxyl groups is 2. The average molecular weight is 518 g/mol. The Labute approximate surface area is 207 Å². The Kier molecular flexibility index (Phi) is 9.73. The molecular weight excluding hydrogens is 491 g/mol. The van der Waals surface area contributed by atoms with Gasteiger partial charge in [0, 0.05) is 30.2 Å². The van der Waals surface area contributed by atoms with Crippen molar-refractivity contribution in [3.05, 3.63) is 94.2 Å². The van der Waals surface area contributed by atoms with Gasteiger partial charge in [0.05, 0.1) is 24.5 Å². The third-order valence-electron chi connectivity index (χ3n) is 5.16. The van der Waals surface area contributed by atoms with Crippen molar-refractivity contribution in [3.63, 3.8) is 0 Å². The van der Waals surface area contributed by atoms with E-state index in [0.717, 1.165) is 27.0 Å². The van der Waals surface area contributed by atoms with Gasteiger partial charge in [-0.1, -0.05) is 12.1 Å². The third kappa shape index (κ3) is 6.56. The molecule has 0 bridgehead atoms. The number of pyridine rings is 2. The van der Waals surface area contributed by atoms with Crippen LogP contribution in [0.4, 0.5) is 0 Å². The predicted molar refractivity (Wildman–Crippen MR) is 131 cm³/mol. The SMILES string of the molecule is C=CC.O=c1ccn(C2OC(COP(O)O)C(O)C2O)c(=O)n1Cc1cc(-c2ccccn2)ccn1. The number of aromatic nitrogens is 4. The van der Waals surface area contributed by atoms with Gasteiger partial charge in [0.2, 0.25) is 0 Å². The maximum atomic E-state index is 13.1. The minimum absolute atomic E-state index is 0.142. The lowest BCUT2D eigenvalue weighted by Gasteiger charge is -2.18. The lowest BCUT2D eigenvalue weighted by molar-refractivity contribution is -0.0531. The highest BCUT2D eigenvalue weighted by atomic mass is 31.2. The number of hydrogen-bond acceptors (Lipinski definition) is 10. The minimum Gasteiger partial charge on any atom is -0.387 e. The van der Waals surface area contributed by atoms with E-state index in [9.17, 15) is 19.8 Å². The molecule has 0 saturated carbocycles. The molecule has 36 heavy (non-hydrogen) atoms. The van der Waals surface area contributed by atoms with Crippen LogP contribution in [-0.2, 0) is 15.8 Å². The van der Waals surface area contributed by atoms with Crippen molar-refractivity contribution in [2.45, 2.75) is 38.0 Å². The molecule has 0 aliphatic carbocycles. The summed E-state index contributed by atoms with van der Waals surface area (Å²) in [6, 6.07) is 10.1. The average Bonchev–Trinajstić information content (AvgIpc) is 3.15. The summed E-state index contributed by atoms with van der Waals surface area (Å²) < 4.78 is 12.1. The van der Waals surface area contributed by atoms with Gasteiger partial charge < -0.3 is 29.3 Å². The highest BCUT2D eigenvalue weighted by molar-refractivity contribution is 7.39. The van der Waals surface area contributed by atoms with Crippen molar-refractivity contribution in [2.75, 3.05) is 6.61 Å². The monoisotopic (exact) mass is 518 g/mol. The van der Waals surface area contributed by atoms with Crippen LogP contribution in [-0.4, -0.2) is 64.0 Å². The molecule has 4 atom stereocenters. The summed E-state index contributed by atoms with van der Waals surface area (Å²) in [7, 11) is -2.68. The van der Waals surface area contributed by atoms with E-state index in [1.165, 1.54) is 0 Å². The maximum Gasteiger partial charge on any atom is 0.333 e. The fraction of sp³-hybridized carbons (Fsp3) is 0.304. The van der Waals surface area contributed by atoms with E-state index in [2.05, 4.69) is 21.1 Å². The Morgan fingerprint density at radius 1 is 1.14 bits per heavy atom. The maximum absolute atomic E-state index is 13.1. The molecule has 1 fully saturated rings. The second kappa shape index (κ2) is 12.7. The molecule has 1 aliphatic rings. The number of ether oxygens (including phenoxy) is 1. The van der Waals surface area contributed by atoms with E-state index >= 15 is 0 Å². The summed E-state index contributed by atoms with van der Waals surface area (Å²) in [5.41, 5.74) is 0.544. The quantitative estimate of drug-likeness (QED) is 0.256. The Morgan fingerprint density at radius 2 is 1.89 bits per heavy atom. The van der Waals surface area contributed by atoms with Gasteiger partial charge in [-0.3, -0.25) is 23.9 Å². The normalized spacial score (nSPS) is 21.2. The number of allylic oxidation sites excluding steroid dienone is 1. The topological polar surface area (TPSA) is 169 Å². The van der Waals surface area contributed by atoms with Crippen molar-refractivity contribution in [2.24, 2.45) is 0 Å². The van der Waals surface area contributed by atoms with E-state index in [1.807, 2.05) is 19.1 Å². The van der Waals surface area contributed by atoms with Crippen LogP contribution in [0.25, 0.3) is 11.3 Å². The molecule has 13 heteroatoms. The van der Waals surface area contributed by atoms with Crippen LogP contribution < -0.4 is 11.2 Å². The van der Waals surface area contributed by atoms with Gasteiger partial charge in [0.25, 0.3) is 5.56 Å². The van der Waals surface area contributed by atoms with E-state index in [0.29, 0.717) is 11.4 Å². The molecular formula is C23H27N4O8P. The highest BCUT2D eigenvalue weighted by Crippen LogP contribution is 2.32. The zero-order valence-corrected chi connectivity index (χ0v) is 20.3. The van der Waals surface area contributed by atoms with Crippen molar-refractivity contribution < 1.29 is 29.3 Å². The smallest absolute Gasteiger partial charge is 0.333 e. The molecule has 3 aromatic rings. The summed E-state index contributed by atoms with van der Waals surface area (Å²) in [6.45, 7) is 4.70. The van der Waals surface area contributed by atoms with Gasteiger partial charge in [-0.05, 0) is 31.2 Å². The molecule has 1 saturated heterocycles. The molecule has 0 spiro atoms. The molecule has 192 valence electrons. The van der Waals surface area contributed by atoms with Crippen LogP contribution in [0.1, 0.15) is 18.8 Å². The third-order valence-corrected chi connectivity index (χ3v) is 5.54. The molecule has 4 rings (SSSR count). The number of aliphatic hydroxyl groups excluding tert-OH is 2. The van der Waals surface area contributed by atoms with E-state index in [4.69, 9.17) is 14.5 Å². The van der Waals surface area contributed by atoms with Gasteiger partial charge in [0.15, 0.2) is 6.23 Å². The van der Waals surface area contributed by atoms with Crippen molar-refractivity contribution >= 4 is 8.60 Å². The van der Waals surface area contributed by atoms with Crippen LogP contribution in [0.2, 0.25) is 0 Å². The summed E-state index contributed by atoms with van der Waals surface area (Å²) in [5, 5.41) is 20.5. The zero-order chi connectivity index (χ0) is 26.2. The van der Waals surface area contributed by atoms with E-state index in [-0.39, 0.29) is 6.54 Å². The van der Waals surface area contributed by atoms with Crippen LogP contribution in [0.5, 0.6) is 0 Å².